The molecular formula is C13H9N3O2. The van der Waals surface area contributed by atoms with E-state index in [0.717, 1.165) is 17.0 Å². The van der Waals surface area contributed by atoms with Crippen molar-refractivity contribution in [2.75, 3.05) is 6.79 Å². The van der Waals surface area contributed by atoms with E-state index in [0.29, 0.717) is 11.6 Å². The minimum Gasteiger partial charge on any atom is -0.454 e. The number of ether oxygens (including phenoxy) is 2. The molecule has 1 aromatic heterocycles. The Morgan fingerprint density at radius 3 is 3.00 bits per heavy atom. The Hall–Kier alpha value is -2.61. The van der Waals surface area contributed by atoms with E-state index in [4.69, 9.17) is 14.7 Å². The summed E-state index contributed by atoms with van der Waals surface area (Å²) in [6.07, 6.45) is 1.86. The number of aromatic nitrogens is 2. The molecule has 0 radical (unpaired) electrons. The highest BCUT2D eigenvalue weighted by molar-refractivity contribution is 5.64. The lowest BCUT2D eigenvalue weighted by atomic mass is 10.1. The van der Waals surface area contributed by atoms with Crippen LogP contribution in [0.3, 0.4) is 0 Å². The SMILES string of the molecule is N#CCc1nccc(-c2ccc3c(c2)OCO3)n1. The molecular weight excluding hydrogens is 230 g/mol. The highest BCUT2D eigenvalue weighted by Gasteiger charge is 2.14. The van der Waals surface area contributed by atoms with Crippen LogP contribution in [0.25, 0.3) is 11.3 Å². The minimum atomic E-state index is 0.207. The number of hydrogen-bond donors (Lipinski definition) is 0. The van der Waals surface area contributed by atoms with Gasteiger partial charge < -0.3 is 9.47 Å². The van der Waals surface area contributed by atoms with Gasteiger partial charge in [-0.1, -0.05) is 0 Å². The number of benzene rings is 1. The summed E-state index contributed by atoms with van der Waals surface area (Å²) in [6.45, 7) is 0.252. The van der Waals surface area contributed by atoms with Crippen molar-refractivity contribution in [1.82, 2.24) is 9.97 Å². The predicted molar refractivity (Wildman–Crippen MR) is 62.9 cm³/mol. The highest BCUT2D eigenvalue weighted by atomic mass is 16.7. The van der Waals surface area contributed by atoms with Crippen molar-refractivity contribution in [3.05, 3.63) is 36.3 Å². The van der Waals surface area contributed by atoms with E-state index in [1.54, 1.807) is 12.3 Å². The van der Waals surface area contributed by atoms with Crippen LogP contribution >= 0.6 is 0 Å². The van der Waals surface area contributed by atoms with Gasteiger partial charge in [-0.2, -0.15) is 5.26 Å². The Labute approximate surface area is 104 Å². The van der Waals surface area contributed by atoms with Gasteiger partial charge in [-0.05, 0) is 24.3 Å². The lowest BCUT2D eigenvalue weighted by molar-refractivity contribution is 0.174. The molecule has 0 spiro atoms. The van der Waals surface area contributed by atoms with Gasteiger partial charge in [0.05, 0.1) is 18.2 Å². The molecule has 0 atom stereocenters. The van der Waals surface area contributed by atoms with Crippen LogP contribution < -0.4 is 9.47 Å². The van der Waals surface area contributed by atoms with Crippen molar-refractivity contribution in [3.8, 4) is 28.8 Å². The maximum absolute atomic E-state index is 8.64. The lowest BCUT2D eigenvalue weighted by Gasteiger charge is -2.03. The zero-order valence-corrected chi connectivity index (χ0v) is 9.46. The molecule has 1 aliphatic rings. The number of fused-ring (bicyclic) bond motifs is 1. The molecule has 1 aliphatic heterocycles. The summed E-state index contributed by atoms with van der Waals surface area (Å²) in [6, 6.07) is 9.47. The van der Waals surface area contributed by atoms with E-state index < -0.39 is 0 Å². The molecule has 2 aromatic rings. The summed E-state index contributed by atoms with van der Waals surface area (Å²) in [7, 11) is 0. The second-order valence-corrected chi connectivity index (χ2v) is 3.76. The predicted octanol–water partition coefficient (Wildman–Crippen LogP) is 1.94. The normalized spacial score (nSPS) is 12.2. The van der Waals surface area contributed by atoms with Gasteiger partial charge in [-0.25, -0.2) is 9.97 Å². The summed E-state index contributed by atoms with van der Waals surface area (Å²) < 4.78 is 10.6. The smallest absolute Gasteiger partial charge is 0.231 e. The molecule has 0 fully saturated rings. The first-order valence-electron chi connectivity index (χ1n) is 5.46. The van der Waals surface area contributed by atoms with Gasteiger partial charge in [-0.15, -0.1) is 0 Å². The van der Waals surface area contributed by atoms with Gasteiger partial charge in [-0.3, -0.25) is 0 Å². The molecule has 0 saturated heterocycles. The third-order valence-electron chi connectivity index (χ3n) is 2.61. The van der Waals surface area contributed by atoms with E-state index in [1.807, 2.05) is 24.3 Å². The lowest BCUT2D eigenvalue weighted by Crippen LogP contribution is -1.94. The van der Waals surface area contributed by atoms with Gasteiger partial charge in [0.2, 0.25) is 6.79 Å². The van der Waals surface area contributed by atoms with E-state index in [9.17, 15) is 0 Å². The Morgan fingerprint density at radius 2 is 2.11 bits per heavy atom. The maximum atomic E-state index is 8.64. The zero-order valence-electron chi connectivity index (χ0n) is 9.46. The van der Waals surface area contributed by atoms with E-state index >= 15 is 0 Å². The van der Waals surface area contributed by atoms with Crippen molar-refractivity contribution in [3.63, 3.8) is 0 Å². The number of rotatable bonds is 2. The summed E-state index contributed by atoms with van der Waals surface area (Å²) in [5.74, 6) is 1.98. The average Bonchev–Trinajstić information content (AvgIpc) is 2.86. The summed E-state index contributed by atoms with van der Waals surface area (Å²) in [5, 5.41) is 8.64. The van der Waals surface area contributed by atoms with Crippen LogP contribution in [0.1, 0.15) is 5.82 Å². The fourth-order valence-electron chi connectivity index (χ4n) is 1.77. The highest BCUT2D eigenvalue weighted by Crippen LogP contribution is 2.35. The van der Waals surface area contributed by atoms with Gasteiger partial charge in [0.25, 0.3) is 0 Å². The van der Waals surface area contributed by atoms with Crippen molar-refractivity contribution >= 4 is 0 Å². The summed E-state index contributed by atoms with van der Waals surface area (Å²) in [5.41, 5.74) is 1.69. The molecule has 0 unspecified atom stereocenters. The van der Waals surface area contributed by atoms with Crippen LogP contribution in [0.5, 0.6) is 11.5 Å². The molecule has 3 rings (SSSR count). The second-order valence-electron chi connectivity index (χ2n) is 3.76. The summed E-state index contributed by atoms with van der Waals surface area (Å²) in [4.78, 5) is 8.37. The first-order chi connectivity index (χ1) is 8.86. The maximum Gasteiger partial charge on any atom is 0.231 e. The van der Waals surface area contributed by atoms with E-state index in [1.165, 1.54) is 0 Å². The quantitative estimate of drug-likeness (QED) is 0.801. The molecule has 88 valence electrons. The third-order valence-corrected chi connectivity index (χ3v) is 2.61. The zero-order chi connectivity index (χ0) is 12.4. The molecule has 5 heteroatoms. The van der Waals surface area contributed by atoms with Crippen LogP contribution in [0.2, 0.25) is 0 Å². The van der Waals surface area contributed by atoms with Crippen LogP contribution in [0.15, 0.2) is 30.5 Å². The molecule has 1 aromatic carbocycles. The monoisotopic (exact) mass is 239 g/mol. The molecule has 2 heterocycles. The fourth-order valence-corrected chi connectivity index (χ4v) is 1.77. The van der Waals surface area contributed by atoms with Gasteiger partial charge in [0.15, 0.2) is 11.5 Å². The van der Waals surface area contributed by atoms with Crippen LogP contribution in [-0.2, 0) is 6.42 Å². The number of nitrogens with zero attached hydrogens (tertiary/aromatic N) is 3. The van der Waals surface area contributed by atoms with Crippen LogP contribution in [0, 0.1) is 11.3 Å². The van der Waals surface area contributed by atoms with Crippen LogP contribution in [-0.4, -0.2) is 16.8 Å². The van der Waals surface area contributed by atoms with E-state index in [2.05, 4.69) is 9.97 Å². The largest absolute Gasteiger partial charge is 0.454 e. The molecule has 0 aliphatic carbocycles. The Kier molecular flexibility index (Phi) is 2.54. The molecule has 0 saturated carbocycles. The number of hydrogen-bond acceptors (Lipinski definition) is 5. The van der Waals surface area contributed by atoms with E-state index in [-0.39, 0.29) is 13.2 Å². The average molecular weight is 239 g/mol. The van der Waals surface area contributed by atoms with Crippen molar-refractivity contribution in [1.29, 1.82) is 5.26 Å². The fraction of sp³-hybridized carbons (Fsp3) is 0.154. The molecule has 5 nitrogen and oxygen atoms in total. The Balaban J connectivity index is 1.99. The first kappa shape index (κ1) is 10.5. The Morgan fingerprint density at radius 1 is 1.22 bits per heavy atom. The van der Waals surface area contributed by atoms with Crippen molar-refractivity contribution < 1.29 is 9.47 Å². The standard InChI is InChI=1S/C13H9N3O2/c14-5-3-13-15-6-4-10(16-13)9-1-2-11-12(7-9)18-8-17-11/h1-2,4,6-7H,3,8H2. The van der Waals surface area contributed by atoms with Crippen molar-refractivity contribution in [2.45, 2.75) is 6.42 Å². The summed E-state index contributed by atoms with van der Waals surface area (Å²) >= 11 is 0. The minimum absolute atomic E-state index is 0.207. The molecule has 0 N–H and O–H groups in total. The van der Waals surface area contributed by atoms with Gasteiger partial charge in [0, 0.05) is 11.8 Å². The molecule has 0 amide bonds. The third kappa shape index (κ3) is 1.84. The Bertz CT molecular complexity index is 634. The van der Waals surface area contributed by atoms with Crippen LogP contribution in [0.4, 0.5) is 0 Å². The topological polar surface area (TPSA) is 68.0 Å². The first-order valence-corrected chi connectivity index (χ1v) is 5.46. The van der Waals surface area contributed by atoms with Gasteiger partial charge in [0.1, 0.15) is 5.82 Å². The van der Waals surface area contributed by atoms with Gasteiger partial charge >= 0.3 is 0 Å². The number of nitriles is 1. The second kappa shape index (κ2) is 4.34. The molecule has 18 heavy (non-hydrogen) atoms. The molecule has 0 bridgehead atoms. The van der Waals surface area contributed by atoms with Crippen molar-refractivity contribution in [2.24, 2.45) is 0 Å².